The number of hydrogen-bond acceptors (Lipinski definition) is 4. The summed E-state index contributed by atoms with van der Waals surface area (Å²) in [6.07, 6.45) is 5.42. The first kappa shape index (κ1) is 22.2. The third-order valence-electron chi connectivity index (χ3n) is 6.79. The maximum Gasteiger partial charge on any atom is 0.273 e. The van der Waals surface area contributed by atoms with E-state index in [2.05, 4.69) is 5.32 Å². The van der Waals surface area contributed by atoms with Crippen LogP contribution >= 0.6 is 22.9 Å². The van der Waals surface area contributed by atoms with Crippen LogP contribution in [0.3, 0.4) is 0 Å². The van der Waals surface area contributed by atoms with Crippen molar-refractivity contribution in [1.29, 1.82) is 0 Å². The highest BCUT2D eigenvalue weighted by Crippen LogP contribution is 2.34. The van der Waals surface area contributed by atoms with Crippen LogP contribution in [0.1, 0.15) is 55.1 Å². The summed E-state index contributed by atoms with van der Waals surface area (Å²) in [5.41, 5.74) is 0.978. The highest BCUT2D eigenvalue weighted by molar-refractivity contribution is 7.13. The van der Waals surface area contributed by atoms with Gasteiger partial charge in [0.2, 0.25) is 5.91 Å². The van der Waals surface area contributed by atoms with Crippen LogP contribution in [-0.4, -0.2) is 38.1 Å². The van der Waals surface area contributed by atoms with Crippen LogP contribution < -0.4 is 5.32 Å². The highest BCUT2D eigenvalue weighted by Gasteiger charge is 2.48. The number of aromatic nitrogens is 2. The van der Waals surface area contributed by atoms with Crippen molar-refractivity contribution in [3.8, 4) is 10.6 Å². The fourth-order valence-corrected chi connectivity index (χ4v) is 5.70. The molecule has 0 saturated heterocycles. The van der Waals surface area contributed by atoms with Gasteiger partial charge in [-0.2, -0.15) is 5.10 Å². The average Bonchev–Trinajstić information content (AvgIpc) is 3.48. The summed E-state index contributed by atoms with van der Waals surface area (Å²) in [7, 11) is 0. The van der Waals surface area contributed by atoms with Crippen LogP contribution in [0.15, 0.2) is 47.8 Å². The smallest absolute Gasteiger partial charge is 0.273 e. The zero-order valence-electron chi connectivity index (χ0n) is 18.6. The standard InChI is InChI=1S/C25H27ClN4O2S/c1-25(24(32)27-18-9-3-2-4-10-18)16-30-21(14-20(28-30)22-12-7-13-33-22)23(31)29(25)15-17-8-5-6-11-19(17)26/h5-8,11-14,18H,2-4,9-10,15-16H2,1H3,(H,27,32)/t25-/m0/s1. The van der Waals surface area contributed by atoms with Crippen molar-refractivity contribution in [3.63, 3.8) is 0 Å². The summed E-state index contributed by atoms with van der Waals surface area (Å²) >= 11 is 8.01. The molecule has 0 unspecified atom stereocenters. The van der Waals surface area contributed by atoms with E-state index in [4.69, 9.17) is 16.7 Å². The zero-order valence-corrected chi connectivity index (χ0v) is 20.2. The van der Waals surface area contributed by atoms with Crippen molar-refractivity contribution in [2.75, 3.05) is 0 Å². The molecule has 0 bridgehead atoms. The normalized spacial score (nSPS) is 21.2. The number of hydrogen-bond donors (Lipinski definition) is 1. The molecular formula is C25H27ClN4O2S. The van der Waals surface area contributed by atoms with Gasteiger partial charge in [0, 0.05) is 17.6 Å². The third kappa shape index (κ3) is 4.20. The lowest BCUT2D eigenvalue weighted by molar-refractivity contribution is -0.134. The predicted octanol–water partition coefficient (Wildman–Crippen LogP) is 5.13. The van der Waals surface area contributed by atoms with Crippen LogP contribution in [-0.2, 0) is 17.9 Å². The molecule has 3 aromatic rings. The molecular weight excluding hydrogens is 456 g/mol. The Morgan fingerprint density at radius 3 is 2.73 bits per heavy atom. The summed E-state index contributed by atoms with van der Waals surface area (Å²) < 4.78 is 1.70. The minimum Gasteiger partial charge on any atom is -0.351 e. The number of carbonyl (C=O) groups is 2. The molecule has 172 valence electrons. The van der Waals surface area contributed by atoms with Crippen molar-refractivity contribution < 1.29 is 9.59 Å². The monoisotopic (exact) mass is 482 g/mol. The molecule has 6 nitrogen and oxygen atoms in total. The second kappa shape index (κ2) is 8.95. The number of rotatable bonds is 5. The van der Waals surface area contributed by atoms with Crippen molar-refractivity contribution >= 4 is 34.8 Å². The molecule has 1 fully saturated rings. The topological polar surface area (TPSA) is 67.2 Å². The van der Waals surface area contributed by atoms with E-state index in [0.717, 1.165) is 41.8 Å². The maximum atomic E-state index is 13.8. The maximum absolute atomic E-state index is 13.8. The van der Waals surface area contributed by atoms with Gasteiger partial charge in [0.15, 0.2) is 0 Å². The van der Waals surface area contributed by atoms with Gasteiger partial charge in [0.05, 0.1) is 11.4 Å². The van der Waals surface area contributed by atoms with Crippen LogP contribution in [0.5, 0.6) is 0 Å². The molecule has 2 aliphatic rings. The number of thiophene rings is 1. The molecule has 2 aromatic heterocycles. The Bertz CT molecular complexity index is 1170. The molecule has 0 radical (unpaired) electrons. The predicted molar refractivity (Wildman–Crippen MR) is 130 cm³/mol. The number of nitrogens with zero attached hydrogens (tertiary/aromatic N) is 3. The van der Waals surface area contributed by atoms with Crippen molar-refractivity contribution in [1.82, 2.24) is 20.0 Å². The summed E-state index contributed by atoms with van der Waals surface area (Å²) in [6, 6.07) is 13.4. The molecule has 8 heteroatoms. The molecule has 0 spiro atoms. The lowest BCUT2D eigenvalue weighted by Crippen LogP contribution is -2.64. The highest BCUT2D eigenvalue weighted by atomic mass is 35.5. The van der Waals surface area contributed by atoms with Gasteiger partial charge in [-0.3, -0.25) is 14.3 Å². The van der Waals surface area contributed by atoms with E-state index in [9.17, 15) is 9.59 Å². The van der Waals surface area contributed by atoms with E-state index in [1.165, 1.54) is 6.42 Å². The van der Waals surface area contributed by atoms with Crippen molar-refractivity contribution in [2.24, 2.45) is 0 Å². The number of nitrogens with one attached hydrogen (secondary N) is 1. The summed E-state index contributed by atoms with van der Waals surface area (Å²) in [4.78, 5) is 30.1. The molecule has 1 N–H and O–H groups in total. The third-order valence-corrected chi connectivity index (χ3v) is 8.05. The van der Waals surface area contributed by atoms with Gasteiger partial charge in [-0.05, 0) is 48.9 Å². The number of benzene rings is 1. The molecule has 1 atom stereocenters. The average molecular weight is 483 g/mol. The molecule has 3 heterocycles. The first-order chi connectivity index (χ1) is 16.0. The summed E-state index contributed by atoms with van der Waals surface area (Å²) in [5.74, 6) is -0.341. The summed E-state index contributed by atoms with van der Waals surface area (Å²) in [5, 5.41) is 10.5. The molecule has 1 aliphatic carbocycles. The number of carbonyl (C=O) groups excluding carboxylic acids is 2. The fourth-order valence-electron chi connectivity index (χ4n) is 4.82. The second-order valence-electron chi connectivity index (χ2n) is 9.11. The Morgan fingerprint density at radius 1 is 1.21 bits per heavy atom. The Morgan fingerprint density at radius 2 is 2.00 bits per heavy atom. The summed E-state index contributed by atoms with van der Waals surface area (Å²) in [6.45, 7) is 2.39. The quantitative estimate of drug-likeness (QED) is 0.548. The van der Waals surface area contributed by atoms with Crippen molar-refractivity contribution in [3.05, 3.63) is 64.1 Å². The van der Waals surface area contributed by atoms with Crippen LogP contribution in [0.2, 0.25) is 5.02 Å². The van der Waals surface area contributed by atoms with E-state index in [1.807, 2.05) is 54.8 Å². The number of amides is 2. The lowest BCUT2D eigenvalue weighted by atomic mass is 9.91. The number of halogens is 1. The van der Waals surface area contributed by atoms with E-state index in [-0.39, 0.29) is 24.4 Å². The van der Waals surface area contributed by atoms with Crippen LogP contribution in [0, 0.1) is 0 Å². The van der Waals surface area contributed by atoms with Crippen molar-refractivity contribution in [2.45, 2.75) is 63.7 Å². The minimum absolute atomic E-state index is 0.131. The SMILES string of the molecule is C[C@@]1(C(=O)NC2CCCCC2)Cn2nc(-c3cccs3)cc2C(=O)N1Cc1ccccc1Cl. The molecule has 33 heavy (non-hydrogen) atoms. The van der Waals surface area contributed by atoms with E-state index < -0.39 is 5.54 Å². The number of fused-ring (bicyclic) bond motifs is 1. The Labute approximate surface area is 202 Å². The minimum atomic E-state index is -1.08. The first-order valence-electron chi connectivity index (χ1n) is 11.4. The Balaban J connectivity index is 1.52. The molecule has 1 aliphatic heterocycles. The van der Waals surface area contributed by atoms with E-state index in [1.54, 1.807) is 20.9 Å². The van der Waals surface area contributed by atoms with Gasteiger partial charge in [-0.25, -0.2) is 0 Å². The van der Waals surface area contributed by atoms with Gasteiger partial charge in [-0.1, -0.05) is 55.1 Å². The zero-order chi connectivity index (χ0) is 23.0. The lowest BCUT2D eigenvalue weighted by Gasteiger charge is -2.44. The Hall–Kier alpha value is -2.64. The van der Waals surface area contributed by atoms with Gasteiger partial charge in [0.25, 0.3) is 5.91 Å². The van der Waals surface area contributed by atoms with Gasteiger partial charge in [-0.15, -0.1) is 11.3 Å². The van der Waals surface area contributed by atoms with Gasteiger partial charge in [0.1, 0.15) is 16.9 Å². The molecule has 1 aromatic carbocycles. The van der Waals surface area contributed by atoms with Crippen LogP contribution in [0.25, 0.3) is 10.6 Å². The van der Waals surface area contributed by atoms with E-state index >= 15 is 0 Å². The molecule has 2 amide bonds. The van der Waals surface area contributed by atoms with E-state index in [0.29, 0.717) is 17.3 Å². The molecule has 5 rings (SSSR count). The Kier molecular flexibility index (Phi) is 6.01. The fraction of sp³-hybridized carbons (Fsp3) is 0.400. The molecule has 1 saturated carbocycles. The largest absolute Gasteiger partial charge is 0.351 e. The van der Waals surface area contributed by atoms with Crippen LogP contribution in [0.4, 0.5) is 0 Å². The van der Waals surface area contributed by atoms with Gasteiger partial charge < -0.3 is 10.2 Å². The first-order valence-corrected chi connectivity index (χ1v) is 12.7. The second-order valence-corrected chi connectivity index (χ2v) is 10.5. The van der Waals surface area contributed by atoms with Gasteiger partial charge >= 0.3 is 0 Å².